The summed E-state index contributed by atoms with van der Waals surface area (Å²) in [6.07, 6.45) is 1.48. The van der Waals surface area contributed by atoms with E-state index < -0.39 is 0 Å². The third-order valence-electron chi connectivity index (χ3n) is 3.21. The van der Waals surface area contributed by atoms with Gasteiger partial charge in [0.2, 0.25) is 0 Å². The van der Waals surface area contributed by atoms with Crippen molar-refractivity contribution in [1.29, 1.82) is 0 Å². The molecule has 0 bridgehead atoms. The van der Waals surface area contributed by atoms with E-state index in [2.05, 4.69) is 31.1 Å². The summed E-state index contributed by atoms with van der Waals surface area (Å²) in [4.78, 5) is 2.30. The molecule has 1 aliphatic heterocycles. The third-order valence-corrected chi connectivity index (χ3v) is 3.21. The number of nitrogens with one attached hydrogen (secondary N) is 1. The van der Waals surface area contributed by atoms with Crippen LogP contribution >= 0.6 is 0 Å². The van der Waals surface area contributed by atoms with Gasteiger partial charge in [0, 0.05) is 19.1 Å². The van der Waals surface area contributed by atoms with Gasteiger partial charge in [0.1, 0.15) is 18.1 Å². The maximum absolute atomic E-state index is 5.84. The largest absolute Gasteiger partial charge is 0.462 e. The van der Waals surface area contributed by atoms with Gasteiger partial charge in [0.25, 0.3) is 0 Å². The highest BCUT2D eigenvalue weighted by Crippen LogP contribution is 2.15. The highest BCUT2D eigenvalue weighted by atomic mass is 16.5. The Hall–Kier alpha value is -0.840. The van der Waals surface area contributed by atoms with Gasteiger partial charge in [-0.05, 0) is 25.6 Å². The van der Waals surface area contributed by atoms with Crippen LogP contribution in [-0.2, 0) is 17.9 Å². The van der Waals surface area contributed by atoms with Crippen LogP contribution in [0.4, 0.5) is 0 Å². The zero-order valence-electron chi connectivity index (χ0n) is 11.6. The molecule has 1 fully saturated rings. The van der Waals surface area contributed by atoms with Gasteiger partial charge in [-0.1, -0.05) is 13.8 Å². The molecule has 2 rings (SSSR count). The number of nitrogens with zero attached hydrogens (tertiary/aromatic N) is 1. The molecule has 0 saturated carbocycles. The Morgan fingerprint density at radius 3 is 2.89 bits per heavy atom. The first-order chi connectivity index (χ1) is 8.63. The van der Waals surface area contributed by atoms with E-state index in [0.717, 1.165) is 37.6 Å². The minimum absolute atomic E-state index is 0.359. The van der Waals surface area contributed by atoms with Crippen LogP contribution in [0.5, 0.6) is 0 Å². The van der Waals surface area contributed by atoms with Gasteiger partial charge in [-0.15, -0.1) is 0 Å². The van der Waals surface area contributed by atoms with E-state index in [0.29, 0.717) is 18.8 Å². The van der Waals surface area contributed by atoms with Gasteiger partial charge in [-0.2, -0.15) is 0 Å². The summed E-state index contributed by atoms with van der Waals surface area (Å²) in [5.41, 5.74) is 0. The molecule has 102 valence electrons. The highest BCUT2D eigenvalue weighted by Gasteiger charge is 2.20. The van der Waals surface area contributed by atoms with E-state index in [1.807, 2.05) is 12.1 Å². The molecular formula is C14H24N2O2. The lowest BCUT2D eigenvalue weighted by Gasteiger charge is -2.10. The van der Waals surface area contributed by atoms with Crippen molar-refractivity contribution in [2.45, 2.75) is 45.6 Å². The summed E-state index contributed by atoms with van der Waals surface area (Å²) >= 11 is 0. The molecule has 1 aromatic rings. The molecule has 0 aliphatic carbocycles. The highest BCUT2D eigenvalue weighted by molar-refractivity contribution is 5.06. The van der Waals surface area contributed by atoms with Crippen molar-refractivity contribution in [1.82, 2.24) is 10.2 Å². The number of hydrogen-bond donors (Lipinski definition) is 1. The number of ether oxygens (including phenoxy) is 1. The number of furan rings is 1. The lowest BCUT2D eigenvalue weighted by Crippen LogP contribution is -2.21. The molecule has 2 heterocycles. The van der Waals surface area contributed by atoms with E-state index in [9.17, 15) is 0 Å². The van der Waals surface area contributed by atoms with Crippen molar-refractivity contribution in [3.63, 3.8) is 0 Å². The number of likely N-dealkylation sites (N-methyl/N-ethyl adjacent to an activating group) is 1. The van der Waals surface area contributed by atoms with Gasteiger partial charge < -0.3 is 19.4 Å². The minimum atomic E-state index is 0.359. The molecule has 1 aromatic heterocycles. The minimum Gasteiger partial charge on any atom is -0.462 e. The molecule has 4 nitrogen and oxygen atoms in total. The fraction of sp³-hybridized carbons (Fsp3) is 0.714. The summed E-state index contributed by atoms with van der Waals surface area (Å²) in [5.74, 6) is 1.90. The third kappa shape index (κ3) is 4.12. The van der Waals surface area contributed by atoms with Crippen molar-refractivity contribution >= 4 is 0 Å². The molecule has 0 amide bonds. The van der Waals surface area contributed by atoms with Crippen LogP contribution in [0, 0.1) is 0 Å². The summed E-state index contributed by atoms with van der Waals surface area (Å²) in [7, 11) is 2.13. The van der Waals surface area contributed by atoms with Crippen molar-refractivity contribution in [2.24, 2.45) is 0 Å². The lowest BCUT2D eigenvalue weighted by molar-refractivity contribution is 0.0378. The second-order valence-electron chi connectivity index (χ2n) is 5.39. The Kier molecular flexibility index (Phi) is 4.80. The first kappa shape index (κ1) is 13.6. The van der Waals surface area contributed by atoms with Gasteiger partial charge in [0.15, 0.2) is 0 Å². The van der Waals surface area contributed by atoms with Gasteiger partial charge in [-0.25, -0.2) is 0 Å². The fourth-order valence-corrected chi connectivity index (χ4v) is 2.13. The molecule has 18 heavy (non-hydrogen) atoms. The number of rotatable bonds is 6. The molecule has 1 atom stereocenters. The van der Waals surface area contributed by atoms with Gasteiger partial charge in [-0.3, -0.25) is 0 Å². The fourth-order valence-electron chi connectivity index (χ4n) is 2.13. The van der Waals surface area contributed by atoms with Crippen LogP contribution in [-0.4, -0.2) is 37.2 Å². The predicted octanol–water partition coefficient (Wildman–Crippen LogP) is 2.00. The SMILES string of the molecule is CC(C)NCc1ccc(COC2CCN(C)C2)o1. The average molecular weight is 252 g/mol. The Balaban J connectivity index is 1.73. The zero-order chi connectivity index (χ0) is 13.0. The summed E-state index contributed by atoms with van der Waals surface area (Å²) in [5, 5.41) is 3.34. The van der Waals surface area contributed by atoms with Crippen LogP contribution < -0.4 is 5.32 Å². The van der Waals surface area contributed by atoms with Crippen molar-refractivity contribution in [3.05, 3.63) is 23.7 Å². The Bertz CT molecular complexity index is 362. The molecule has 1 unspecified atom stereocenters. The van der Waals surface area contributed by atoms with Gasteiger partial charge >= 0.3 is 0 Å². The van der Waals surface area contributed by atoms with Crippen LogP contribution in [0.1, 0.15) is 31.8 Å². The standard InChI is InChI=1S/C14H24N2O2/c1-11(2)15-8-12-4-5-14(18-12)10-17-13-6-7-16(3)9-13/h4-5,11,13,15H,6-10H2,1-3H3. The van der Waals surface area contributed by atoms with Crippen LogP contribution in [0.3, 0.4) is 0 Å². The molecule has 1 aliphatic rings. The summed E-state index contributed by atoms with van der Waals surface area (Å²) < 4.78 is 11.6. The van der Waals surface area contributed by atoms with Crippen LogP contribution in [0.15, 0.2) is 16.5 Å². The van der Waals surface area contributed by atoms with E-state index in [1.165, 1.54) is 0 Å². The van der Waals surface area contributed by atoms with Crippen molar-refractivity contribution in [3.8, 4) is 0 Å². The second-order valence-corrected chi connectivity index (χ2v) is 5.39. The normalized spacial score (nSPS) is 21.0. The Morgan fingerprint density at radius 2 is 2.22 bits per heavy atom. The lowest BCUT2D eigenvalue weighted by atomic mass is 10.3. The molecule has 1 N–H and O–H groups in total. The monoisotopic (exact) mass is 252 g/mol. The number of hydrogen-bond acceptors (Lipinski definition) is 4. The quantitative estimate of drug-likeness (QED) is 0.840. The number of likely N-dealkylation sites (tertiary alicyclic amines) is 1. The topological polar surface area (TPSA) is 37.6 Å². The molecular weight excluding hydrogens is 228 g/mol. The average Bonchev–Trinajstić information content (AvgIpc) is 2.93. The van der Waals surface area contributed by atoms with E-state index in [-0.39, 0.29) is 0 Å². The van der Waals surface area contributed by atoms with E-state index >= 15 is 0 Å². The molecule has 1 saturated heterocycles. The van der Waals surface area contributed by atoms with Gasteiger partial charge in [0.05, 0.1) is 12.6 Å². The maximum atomic E-state index is 5.84. The summed E-state index contributed by atoms with van der Waals surface area (Å²) in [6.45, 7) is 7.78. The molecule has 4 heteroatoms. The summed E-state index contributed by atoms with van der Waals surface area (Å²) in [6, 6.07) is 4.51. The van der Waals surface area contributed by atoms with Crippen molar-refractivity contribution in [2.75, 3.05) is 20.1 Å². The first-order valence-corrected chi connectivity index (χ1v) is 6.74. The van der Waals surface area contributed by atoms with E-state index in [1.54, 1.807) is 0 Å². The molecule has 0 aromatic carbocycles. The maximum Gasteiger partial charge on any atom is 0.129 e. The Morgan fingerprint density at radius 1 is 1.44 bits per heavy atom. The van der Waals surface area contributed by atoms with Crippen LogP contribution in [0.2, 0.25) is 0 Å². The molecule has 0 radical (unpaired) electrons. The first-order valence-electron chi connectivity index (χ1n) is 6.74. The Labute approximate surface area is 109 Å². The smallest absolute Gasteiger partial charge is 0.129 e. The van der Waals surface area contributed by atoms with Crippen LogP contribution in [0.25, 0.3) is 0 Å². The second kappa shape index (κ2) is 6.36. The zero-order valence-corrected chi connectivity index (χ0v) is 11.6. The van der Waals surface area contributed by atoms with Crippen molar-refractivity contribution < 1.29 is 9.15 Å². The van der Waals surface area contributed by atoms with E-state index in [4.69, 9.17) is 9.15 Å². The predicted molar refractivity (Wildman–Crippen MR) is 71.4 cm³/mol. The molecule has 0 spiro atoms.